The van der Waals surface area contributed by atoms with E-state index >= 15 is 0 Å². The third-order valence-electron chi connectivity index (χ3n) is 0.588. The third kappa shape index (κ3) is 1.49. The fourth-order valence-electron chi connectivity index (χ4n) is 0.311. The first-order valence-corrected chi connectivity index (χ1v) is 8.47. The van der Waals surface area contributed by atoms with Gasteiger partial charge in [0.05, 0.1) is 0 Å². The molecular formula is C4H6Se2. The van der Waals surface area contributed by atoms with Gasteiger partial charge in [-0.1, -0.05) is 0 Å². The van der Waals surface area contributed by atoms with Crippen molar-refractivity contribution in [2.45, 2.75) is 11.7 Å². The second-order valence-electron chi connectivity index (χ2n) is 1.08. The first-order chi connectivity index (χ1) is 3.00. The summed E-state index contributed by atoms with van der Waals surface area (Å²) in [5.41, 5.74) is 0. The molecule has 0 spiro atoms. The van der Waals surface area contributed by atoms with Crippen LogP contribution in [0.4, 0.5) is 0 Å². The van der Waals surface area contributed by atoms with E-state index < -0.39 is 0 Å². The van der Waals surface area contributed by atoms with Crippen molar-refractivity contribution < 1.29 is 0 Å². The Labute approximate surface area is 49.3 Å². The molecule has 0 saturated heterocycles. The number of hydrogen-bond acceptors (Lipinski definition) is 0. The van der Waals surface area contributed by atoms with Crippen LogP contribution < -0.4 is 0 Å². The average Bonchev–Trinajstić information content (AvgIpc) is 1.72. The van der Waals surface area contributed by atoms with Crippen molar-refractivity contribution in [2.24, 2.45) is 0 Å². The van der Waals surface area contributed by atoms with Gasteiger partial charge in [-0.2, -0.15) is 0 Å². The van der Waals surface area contributed by atoms with Crippen LogP contribution in [0, 0.1) is 0 Å². The van der Waals surface area contributed by atoms with Crippen LogP contribution in [0.5, 0.6) is 0 Å². The van der Waals surface area contributed by atoms with Crippen molar-refractivity contribution in [2.75, 3.05) is 0 Å². The fourth-order valence-corrected chi connectivity index (χ4v) is 5.43. The number of hydrogen-bond donors (Lipinski definition) is 0. The molecule has 0 aromatic carbocycles. The first kappa shape index (κ1) is 4.93. The average molecular weight is 212 g/mol. The van der Waals surface area contributed by atoms with Gasteiger partial charge in [0.25, 0.3) is 0 Å². The van der Waals surface area contributed by atoms with E-state index in [9.17, 15) is 0 Å². The van der Waals surface area contributed by atoms with Crippen LogP contribution in [-0.2, 0) is 0 Å². The predicted octanol–water partition coefficient (Wildman–Crippen LogP) is 0.645. The topological polar surface area (TPSA) is 0 Å². The summed E-state index contributed by atoms with van der Waals surface area (Å²) in [6.45, 7) is 0. The van der Waals surface area contributed by atoms with Gasteiger partial charge in [0.1, 0.15) is 0 Å². The Hall–Kier alpha value is 0.779. The zero-order chi connectivity index (χ0) is 4.24. The van der Waals surface area contributed by atoms with Gasteiger partial charge in [0, 0.05) is 0 Å². The van der Waals surface area contributed by atoms with Gasteiger partial charge in [-0.15, -0.1) is 0 Å². The van der Waals surface area contributed by atoms with E-state index in [1.54, 1.807) is 0 Å². The minimum absolute atomic E-state index is 0.936. The van der Waals surface area contributed by atoms with Crippen LogP contribution in [0.15, 0.2) is 11.1 Å². The standard InChI is InChI=1S/C4H6Se2/c1-2-4-6-5-3-1/h1,3H,2,4H2. The minimum atomic E-state index is 0.936. The molecule has 34 valence electrons. The number of rotatable bonds is 0. The van der Waals surface area contributed by atoms with Crippen LogP contribution >= 0.6 is 0 Å². The molecule has 1 rings (SSSR count). The summed E-state index contributed by atoms with van der Waals surface area (Å²) in [5, 5.41) is 1.50. The van der Waals surface area contributed by atoms with Crippen molar-refractivity contribution in [3.63, 3.8) is 0 Å². The van der Waals surface area contributed by atoms with Crippen LogP contribution in [0.3, 0.4) is 0 Å². The molecule has 0 bridgehead atoms. The molecule has 0 unspecified atom stereocenters. The maximum absolute atomic E-state index is 2.36. The molecule has 1 heterocycles. The monoisotopic (exact) mass is 214 g/mol. The molecule has 0 saturated carbocycles. The van der Waals surface area contributed by atoms with Gasteiger partial charge in [0.15, 0.2) is 0 Å². The zero-order valence-electron chi connectivity index (χ0n) is 3.39. The van der Waals surface area contributed by atoms with Gasteiger partial charge in [-0.3, -0.25) is 0 Å². The SMILES string of the molecule is C1=C[Se][Se]CC1. The van der Waals surface area contributed by atoms with E-state index in [-0.39, 0.29) is 0 Å². The summed E-state index contributed by atoms with van der Waals surface area (Å²) in [4.78, 5) is 2.36. The van der Waals surface area contributed by atoms with E-state index in [0.717, 1.165) is 26.3 Å². The Morgan fingerprint density at radius 3 is 2.67 bits per heavy atom. The fraction of sp³-hybridized carbons (Fsp3) is 0.500. The van der Waals surface area contributed by atoms with Crippen molar-refractivity contribution in [3.05, 3.63) is 11.1 Å². The van der Waals surface area contributed by atoms with Crippen LogP contribution in [0.25, 0.3) is 0 Å². The van der Waals surface area contributed by atoms with Gasteiger partial charge in [-0.25, -0.2) is 0 Å². The second kappa shape index (κ2) is 2.87. The van der Waals surface area contributed by atoms with Crippen LogP contribution in [-0.4, -0.2) is 26.3 Å². The van der Waals surface area contributed by atoms with Crippen LogP contribution in [0.2, 0.25) is 5.32 Å². The Morgan fingerprint density at radius 2 is 2.50 bits per heavy atom. The molecule has 0 atom stereocenters. The van der Waals surface area contributed by atoms with Gasteiger partial charge in [-0.05, 0) is 0 Å². The number of allylic oxidation sites excluding steroid dienone is 1. The Bertz CT molecular complexity index is 50.6. The van der Waals surface area contributed by atoms with Crippen LogP contribution in [0.1, 0.15) is 6.42 Å². The molecule has 1 aliphatic heterocycles. The normalized spacial score (nSPS) is 21.3. The molecule has 6 heavy (non-hydrogen) atoms. The van der Waals surface area contributed by atoms with Gasteiger partial charge < -0.3 is 0 Å². The summed E-state index contributed by atoms with van der Waals surface area (Å²) in [5.74, 6) is 0. The van der Waals surface area contributed by atoms with E-state index in [4.69, 9.17) is 0 Å². The van der Waals surface area contributed by atoms with Gasteiger partial charge >= 0.3 is 49.1 Å². The van der Waals surface area contributed by atoms with Gasteiger partial charge in [0.2, 0.25) is 0 Å². The quantitative estimate of drug-likeness (QED) is 0.517. The molecule has 0 aromatic heterocycles. The summed E-state index contributed by atoms with van der Waals surface area (Å²) < 4.78 is 0. The zero-order valence-corrected chi connectivity index (χ0v) is 6.81. The predicted molar refractivity (Wildman–Crippen MR) is 30.1 cm³/mol. The Balaban J connectivity index is 2.26. The molecule has 0 aromatic rings. The first-order valence-electron chi connectivity index (χ1n) is 1.93. The molecule has 0 aliphatic carbocycles. The third-order valence-corrected chi connectivity index (χ3v) is 6.87. The van der Waals surface area contributed by atoms with E-state index in [1.165, 1.54) is 11.7 Å². The van der Waals surface area contributed by atoms with Crippen molar-refractivity contribution in [3.8, 4) is 0 Å². The van der Waals surface area contributed by atoms with E-state index in [1.807, 2.05) is 0 Å². The van der Waals surface area contributed by atoms with Crippen molar-refractivity contribution in [1.82, 2.24) is 0 Å². The van der Waals surface area contributed by atoms with E-state index in [0.29, 0.717) is 0 Å². The van der Waals surface area contributed by atoms with Crippen molar-refractivity contribution >= 4 is 26.3 Å². The summed E-state index contributed by atoms with van der Waals surface area (Å²) >= 11 is 1.97. The molecule has 0 N–H and O–H groups in total. The van der Waals surface area contributed by atoms with Crippen molar-refractivity contribution in [1.29, 1.82) is 0 Å². The maximum atomic E-state index is 2.36. The Morgan fingerprint density at radius 1 is 1.50 bits per heavy atom. The molecule has 0 radical (unpaired) electrons. The molecule has 2 heteroatoms. The Kier molecular flexibility index (Phi) is 2.36. The van der Waals surface area contributed by atoms with E-state index in [2.05, 4.69) is 11.1 Å². The molecule has 0 fully saturated rings. The summed E-state index contributed by atoms with van der Waals surface area (Å²) in [6, 6.07) is 0. The summed E-state index contributed by atoms with van der Waals surface area (Å²) in [7, 11) is 0. The molecular weight excluding hydrogens is 206 g/mol. The molecule has 1 aliphatic rings. The summed E-state index contributed by atoms with van der Waals surface area (Å²) in [6.07, 6.45) is 3.67. The second-order valence-corrected chi connectivity index (χ2v) is 8.07. The molecule has 0 amide bonds. The molecule has 0 nitrogen and oxygen atoms in total.